The van der Waals surface area contributed by atoms with E-state index in [1.54, 1.807) is 35.6 Å². The summed E-state index contributed by atoms with van der Waals surface area (Å²) in [6.45, 7) is 3.32. The number of aryl methyl sites for hydroxylation is 1. The van der Waals surface area contributed by atoms with Crippen LogP contribution in [0.4, 0.5) is 0 Å². The Labute approximate surface area is 179 Å². The lowest BCUT2D eigenvalue weighted by Crippen LogP contribution is -2.42. The lowest BCUT2D eigenvalue weighted by molar-refractivity contribution is -0.129. The molecule has 7 nitrogen and oxygen atoms in total. The Balaban J connectivity index is 1.35. The number of nitrogens with zero attached hydrogens (tertiary/aromatic N) is 2. The summed E-state index contributed by atoms with van der Waals surface area (Å²) in [4.78, 5) is 30.5. The second-order valence-electron chi connectivity index (χ2n) is 8.06. The molecule has 0 bridgehead atoms. The maximum absolute atomic E-state index is 12.7. The highest BCUT2D eigenvalue weighted by atomic mass is 32.1. The molecule has 2 heterocycles. The monoisotopic (exact) mass is 430 g/mol. The summed E-state index contributed by atoms with van der Waals surface area (Å²) < 4.78 is 10.7. The van der Waals surface area contributed by atoms with Crippen molar-refractivity contribution in [2.45, 2.75) is 38.4 Å². The molecule has 0 unspecified atom stereocenters. The second-order valence-corrected chi connectivity index (χ2v) is 9.13. The van der Waals surface area contributed by atoms with Crippen LogP contribution in [0.1, 0.15) is 33.9 Å². The number of carbonyl (C=O) groups excluding carboxylic acids is 2. The first-order valence-corrected chi connectivity index (χ1v) is 11.0. The summed E-state index contributed by atoms with van der Waals surface area (Å²) in [5.41, 5.74) is 1.28. The van der Waals surface area contributed by atoms with Gasteiger partial charge in [0.2, 0.25) is 5.91 Å². The third-order valence-electron chi connectivity index (χ3n) is 6.00. The van der Waals surface area contributed by atoms with Gasteiger partial charge in [0.15, 0.2) is 0 Å². The SMILES string of the molecule is COC(=O)c1ccc(O[C@@H]2C[C@@H]3CN(C(=O)Cc4csc(C)n4)C[C@@H]3C[C@H]2O)cc1. The zero-order valence-corrected chi connectivity index (χ0v) is 17.9. The third kappa shape index (κ3) is 4.49. The summed E-state index contributed by atoms with van der Waals surface area (Å²) >= 11 is 1.56. The largest absolute Gasteiger partial charge is 0.488 e. The fourth-order valence-corrected chi connectivity index (χ4v) is 5.05. The van der Waals surface area contributed by atoms with Gasteiger partial charge in [0, 0.05) is 18.5 Å². The highest BCUT2D eigenvalue weighted by Crippen LogP contribution is 2.38. The van der Waals surface area contributed by atoms with Gasteiger partial charge in [-0.15, -0.1) is 11.3 Å². The summed E-state index contributed by atoms with van der Waals surface area (Å²) in [5.74, 6) is 0.914. The Kier molecular flexibility index (Phi) is 6.06. The molecule has 1 aliphatic carbocycles. The summed E-state index contributed by atoms with van der Waals surface area (Å²) in [5, 5.41) is 13.5. The molecule has 1 aliphatic heterocycles. The van der Waals surface area contributed by atoms with Crippen LogP contribution in [-0.4, -0.2) is 59.3 Å². The number of carbonyl (C=O) groups is 2. The number of hydrogen-bond acceptors (Lipinski definition) is 7. The number of fused-ring (bicyclic) bond motifs is 1. The highest BCUT2D eigenvalue weighted by molar-refractivity contribution is 7.09. The van der Waals surface area contributed by atoms with E-state index in [1.807, 2.05) is 17.2 Å². The molecule has 1 aromatic heterocycles. The van der Waals surface area contributed by atoms with Gasteiger partial charge in [0.1, 0.15) is 11.9 Å². The minimum Gasteiger partial charge on any atom is -0.488 e. The zero-order chi connectivity index (χ0) is 21.3. The van der Waals surface area contributed by atoms with E-state index in [9.17, 15) is 14.7 Å². The van der Waals surface area contributed by atoms with E-state index in [0.29, 0.717) is 55.5 Å². The molecule has 1 saturated carbocycles. The van der Waals surface area contributed by atoms with Crippen LogP contribution in [0.2, 0.25) is 0 Å². The van der Waals surface area contributed by atoms with Crippen molar-refractivity contribution >= 4 is 23.2 Å². The Hall–Kier alpha value is -2.45. The van der Waals surface area contributed by atoms with Crippen LogP contribution in [0.15, 0.2) is 29.6 Å². The molecule has 4 rings (SSSR count). The number of aromatic nitrogens is 1. The number of aliphatic hydroxyl groups excluding tert-OH is 1. The van der Waals surface area contributed by atoms with Crippen molar-refractivity contribution in [1.82, 2.24) is 9.88 Å². The quantitative estimate of drug-likeness (QED) is 0.733. The Morgan fingerprint density at radius 2 is 1.90 bits per heavy atom. The molecule has 0 radical (unpaired) electrons. The van der Waals surface area contributed by atoms with Crippen LogP contribution in [0.5, 0.6) is 5.75 Å². The van der Waals surface area contributed by atoms with Gasteiger partial charge in [-0.25, -0.2) is 9.78 Å². The molecule has 1 aromatic carbocycles. The van der Waals surface area contributed by atoms with E-state index in [-0.39, 0.29) is 12.0 Å². The van der Waals surface area contributed by atoms with E-state index in [1.165, 1.54) is 7.11 Å². The minimum absolute atomic E-state index is 0.0973. The Morgan fingerprint density at radius 1 is 1.20 bits per heavy atom. The first-order chi connectivity index (χ1) is 14.4. The van der Waals surface area contributed by atoms with E-state index >= 15 is 0 Å². The van der Waals surface area contributed by atoms with Crippen molar-refractivity contribution in [2.24, 2.45) is 11.8 Å². The third-order valence-corrected chi connectivity index (χ3v) is 6.82. The highest BCUT2D eigenvalue weighted by Gasteiger charge is 2.43. The number of hydrogen-bond donors (Lipinski definition) is 1. The molecule has 1 N–H and O–H groups in total. The summed E-state index contributed by atoms with van der Waals surface area (Å²) in [6.07, 6.45) is 0.743. The van der Waals surface area contributed by atoms with Crippen LogP contribution in [0, 0.1) is 18.8 Å². The van der Waals surface area contributed by atoms with Gasteiger partial charge in [-0.3, -0.25) is 4.79 Å². The van der Waals surface area contributed by atoms with E-state index in [2.05, 4.69) is 4.98 Å². The van der Waals surface area contributed by atoms with E-state index < -0.39 is 12.1 Å². The first kappa shape index (κ1) is 20.8. The van der Waals surface area contributed by atoms with Gasteiger partial charge in [0.05, 0.1) is 35.9 Å². The summed E-state index contributed by atoms with van der Waals surface area (Å²) in [7, 11) is 1.34. The topological polar surface area (TPSA) is 89.0 Å². The van der Waals surface area contributed by atoms with Gasteiger partial charge in [-0.05, 0) is 55.9 Å². The van der Waals surface area contributed by atoms with Crippen molar-refractivity contribution in [2.75, 3.05) is 20.2 Å². The fourth-order valence-electron chi connectivity index (χ4n) is 4.44. The lowest BCUT2D eigenvalue weighted by atomic mass is 9.78. The number of methoxy groups -OCH3 is 1. The van der Waals surface area contributed by atoms with Gasteiger partial charge in [-0.2, -0.15) is 0 Å². The zero-order valence-electron chi connectivity index (χ0n) is 17.1. The fraction of sp³-hybridized carbons (Fsp3) is 0.500. The second kappa shape index (κ2) is 8.73. The first-order valence-electron chi connectivity index (χ1n) is 10.1. The molecule has 1 amide bonds. The molecule has 30 heavy (non-hydrogen) atoms. The molecule has 160 valence electrons. The number of benzene rings is 1. The Morgan fingerprint density at radius 3 is 2.53 bits per heavy atom. The average Bonchev–Trinajstić information content (AvgIpc) is 3.33. The normalized spacial score (nSPS) is 25.6. The number of ether oxygens (including phenoxy) is 2. The van der Waals surface area contributed by atoms with Gasteiger partial charge in [-0.1, -0.05) is 0 Å². The molecular weight excluding hydrogens is 404 g/mol. The van der Waals surface area contributed by atoms with Gasteiger partial charge in [0.25, 0.3) is 0 Å². The predicted molar refractivity (Wildman–Crippen MR) is 112 cm³/mol. The number of aliphatic hydroxyl groups is 1. The summed E-state index contributed by atoms with van der Waals surface area (Å²) in [6, 6.07) is 6.72. The smallest absolute Gasteiger partial charge is 0.337 e. The molecule has 0 spiro atoms. The maximum Gasteiger partial charge on any atom is 0.337 e. The minimum atomic E-state index is -0.581. The van der Waals surface area contributed by atoms with Gasteiger partial charge >= 0.3 is 5.97 Å². The van der Waals surface area contributed by atoms with E-state index in [4.69, 9.17) is 9.47 Å². The molecule has 1 saturated heterocycles. The van der Waals surface area contributed by atoms with Crippen LogP contribution < -0.4 is 4.74 Å². The van der Waals surface area contributed by atoms with Crippen molar-refractivity contribution in [3.05, 3.63) is 45.9 Å². The van der Waals surface area contributed by atoms with Crippen LogP contribution in [-0.2, 0) is 16.0 Å². The molecule has 2 aromatic rings. The number of thiazole rings is 1. The van der Waals surface area contributed by atoms with Crippen LogP contribution in [0.25, 0.3) is 0 Å². The molecular formula is C22H26N2O5S. The number of rotatable bonds is 5. The molecule has 2 aliphatic rings. The number of amides is 1. The average molecular weight is 431 g/mol. The van der Waals surface area contributed by atoms with E-state index in [0.717, 1.165) is 10.7 Å². The molecule has 8 heteroatoms. The van der Waals surface area contributed by atoms with Crippen molar-refractivity contribution in [3.63, 3.8) is 0 Å². The number of likely N-dealkylation sites (tertiary alicyclic amines) is 1. The predicted octanol–water partition coefficient (Wildman–Crippen LogP) is 2.46. The standard InChI is InChI=1S/C22H26N2O5S/c1-13-23-17(12-30-13)9-21(26)24-10-15-7-19(25)20(8-16(15)11-24)29-18-5-3-14(4-6-18)22(27)28-2/h3-6,12,15-16,19-20,25H,7-11H2,1-2H3/t15-,16+,19+,20+/m0/s1. The van der Waals surface area contributed by atoms with Crippen LogP contribution >= 0.6 is 11.3 Å². The molecule has 4 atom stereocenters. The lowest BCUT2D eigenvalue weighted by Gasteiger charge is -2.35. The number of esters is 1. The van der Waals surface area contributed by atoms with Gasteiger partial charge < -0.3 is 19.5 Å². The molecule has 2 fully saturated rings. The van der Waals surface area contributed by atoms with Crippen molar-refractivity contribution in [1.29, 1.82) is 0 Å². The Bertz CT molecular complexity index is 913. The van der Waals surface area contributed by atoms with Crippen LogP contribution in [0.3, 0.4) is 0 Å². The maximum atomic E-state index is 12.7. The van der Waals surface area contributed by atoms with Crippen molar-refractivity contribution in [3.8, 4) is 5.75 Å². The van der Waals surface area contributed by atoms with Crippen molar-refractivity contribution < 1.29 is 24.2 Å².